The highest BCUT2D eigenvalue weighted by atomic mass is 16.5. The molecule has 0 saturated heterocycles. The number of hydrogen-bond acceptors (Lipinski definition) is 5. The molecule has 1 amide bonds. The molecule has 0 bridgehead atoms. The first-order chi connectivity index (χ1) is 12.0. The van der Waals surface area contributed by atoms with Crippen molar-refractivity contribution >= 4 is 11.7 Å². The molecule has 6 heteroatoms. The Balaban J connectivity index is 1.94. The Kier molecular flexibility index (Phi) is 6.35. The van der Waals surface area contributed by atoms with Crippen LogP contribution in [0, 0.1) is 11.3 Å². The summed E-state index contributed by atoms with van der Waals surface area (Å²) in [5.74, 6) is 1.32. The molecule has 0 unspecified atom stereocenters. The molecule has 0 aliphatic heterocycles. The van der Waals surface area contributed by atoms with Crippen LogP contribution in [0.3, 0.4) is 0 Å². The standard InChI is InChI=1S/C19H22N4O2/c1-4-25-17-7-5-6-16(10-17)14(2)22-19(24)13-23(3)18-9-8-15(11-20)12-21-18/h5-10,12,14H,4,13H2,1-3H3,(H,22,24)/t14-/m0/s1. The topological polar surface area (TPSA) is 78.2 Å². The summed E-state index contributed by atoms with van der Waals surface area (Å²) in [6.45, 7) is 4.65. The molecule has 1 aromatic carbocycles. The Morgan fingerprint density at radius 3 is 2.84 bits per heavy atom. The third-order valence-corrected chi connectivity index (χ3v) is 3.70. The first kappa shape index (κ1) is 18.3. The van der Waals surface area contributed by atoms with E-state index in [1.807, 2.05) is 44.2 Å². The van der Waals surface area contributed by atoms with Gasteiger partial charge in [0, 0.05) is 13.2 Å². The van der Waals surface area contributed by atoms with E-state index in [4.69, 9.17) is 10.00 Å². The summed E-state index contributed by atoms with van der Waals surface area (Å²) >= 11 is 0. The van der Waals surface area contributed by atoms with Crippen molar-refractivity contribution in [2.75, 3.05) is 25.1 Å². The van der Waals surface area contributed by atoms with Crippen LogP contribution in [-0.2, 0) is 4.79 Å². The summed E-state index contributed by atoms with van der Waals surface area (Å²) in [5, 5.41) is 11.8. The summed E-state index contributed by atoms with van der Waals surface area (Å²) in [6.07, 6.45) is 1.49. The normalized spacial score (nSPS) is 11.3. The number of likely N-dealkylation sites (N-methyl/N-ethyl adjacent to an activating group) is 1. The predicted molar refractivity (Wildman–Crippen MR) is 96.4 cm³/mol. The van der Waals surface area contributed by atoms with Crippen molar-refractivity contribution in [3.8, 4) is 11.8 Å². The minimum absolute atomic E-state index is 0.108. The Morgan fingerprint density at radius 2 is 2.20 bits per heavy atom. The lowest BCUT2D eigenvalue weighted by atomic mass is 10.1. The lowest BCUT2D eigenvalue weighted by Gasteiger charge is -2.20. The number of benzene rings is 1. The average molecular weight is 338 g/mol. The van der Waals surface area contributed by atoms with E-state index in [0.717, 1.165) is 11.3 Å². The summed E-state index contributed by atoms with van der Waals surface area (Å²) in [5.41, 5.74) is 1.47. The number of amides is 1. The van der Waals surface area contributed by atoms with E-state index in [-0.39, 0.29) is 18.5 Å². The molecule has 1 N–H and O–H groups in total. The van der Waals surface area contributed by atoms with Crippen molar-refractivity contribution in [2.24, 2.45) is 0 Å². The van der Waals surface area contributed by atoms with Crippen LogP contribution >= 0.6 is 0 Å². The second-order valence-electron chi connectivity index (χ2n) is 5.67. The van der Waals surface area contributed by atoms with Crippen molar-refractivity contribution < 1.29 is 9.53 Å². The molecule has 0 spiro atoms. The molecule has 0 fully saturated rings. The molecule has 0 saturated carbocycles. The van der Waals surface area contributed by atoms with Crippen LogP contribution in [-0.4, -0.2) is 31.1 Å². The number of carbonyl (C=O) groups is 1. The number of nitriles is 1. The number of carbonyl (C=O) groups excluding carboxylic acids is 1. The van der Waals surface area contributed by atoms with Gasteiger partial charge in [0.2, 0.25) is 5.91 Å². The number of hydrogen-bond donors (Lipinski definition) is 1. The predicted octanol–water partition coefficient (Wildman–Crippen LogP) is 2.67. The average Bonchev–Trinajstić information content (AvgIpc) is 2.62. The molecular formula is C19H22N4O2. The van der Waals surface area contributed by atoms with E-state index in [1.165, 1.54) is 6.20 Å². The largest absolute Gasteiger partial charge is 0.494 e. The second kappa shape index (κ2) is 8.69. The maximum absolute atomic E-state index is 12.3. The first-order valence-electron chi connectivity index (χ1n) is 8.13. The molecule has 6 nitrogen and oxygen atoms in total. The van der Waals surface area contributed by atoms with E-state index >= 15 is 0 Å². The molecule has 130 valence electrons. The maximum atomic E-state index is 12.3. The highest BCUT2D eigenvalue weighted by Gasteiger charge is 2.13. The van der Waals surface area contributed by atoms with Gasteiger partial charge in [-0.3, -0.25) is 4.79 Å². The minimum atomic E-state index is -0.129. The highest BCUT2D eigenvalue weighted by molar-refractivity contribution is 5.81. The summed E-state index contributed by atoms with van der Waals surface area (Å²) in [6, 6.07) is 13.0. The number of rotatable bonds is 7. The van der Waals surface area contributed by atoms with Crippen LogP contribution in [0.1, 0.15) is 31.0 Å². The molecule has 0 aliphatic carbocycles. The van der Waals surface area contributed by atoms with Crippen LogP contribution in [0.2, 0.25) is 0 Å². The van der Waals surface area contributed by atoms with Gasteiger partial charge in [0.25, 0.3) is 0 Å². The number of ether oxygens (including phenoxy) is 1. The van der Waals surface area contributed by atoms with Gasteiger partial charge in [0.05, 0.1) is 24.8 Å². The quantitative estimate of drug-likeness (QED) is 0.840. The number of nitrogens with one attached hydrogen (secondary N) is 1. The van der Waals surface area contributed by atoms with Crippen molar-refractivity contribution in [1.82, 2.24) is 10.3 Å². The van der Waals surface area contributed by atoms with E-state index in [1.54, 1.807) is 24.1 Å². The Labute approximate surface area is 148 Å². The lowest BCUT2D eigenvalue weighted by molar-refractivity contribution is -0.120. The van der Waals surface area contributed by atoms with Crippen LogP contribution in [0.15, 0.2) is 42.6 Å². The monoisotopic (exact) mass is 338 g/mol. The minimum Gasteiger partial charge on any atom is -0.494 e. The zero-order valence-corrected chi connectivity index (χ0v) is 14.7. The Bertz CT molecular complexity index is 753. The molecule has 2 aromatic rings. The van der Waals surface area contributed by atoms with Gasteiger partial charge in [-0.05, 0) is 43.7 Å². The van der Waals surface area contributed by atoms with Crippen molar-refractivity contribution in [3.63, 3.8) is 0 Å². The lowest BCUT2D eigenvalue weighted by Crippen LogP contribution is -2.36. The van der Waals surface area contributed by atoms with E-state index < -0.39 is 0 Å². The zero-order valence-electron chi connectivity index (χ0n) is 14.7. The molecule has 1 heterocycles. The number of aromatic nitrogens is 1. The molecule has 2 rings (SSSR count). The van der Waals surface area contributed by atoms with Crippen LogP contribution in [0.5, 0.6) is 5.75 Å². The van der Waals surface area contributed by atoms with Gasteiger partial charge in [0.1, 0.15) is 17.6 Å². The highest BCUT2D eigenvalue weighted by Crippen LogP contribution is 2.19. The van der Waals surface area contributed by atoms with Gasteiger partial charge in [-0.2, -0.15) is 5.26 Å². The van der Waals surface area contributed by atoms with Gasteiger partial charge >= 0.3 is 0 Å². The van der Waals surface area contributed by atoms with E-state index in [9.17, 15) is 4.79 Å². The first-order valence-corrected chi connectivity index (χ1v) is 8.13. The molecular weight excluding hydrogens is 316 g/mol. The van der Waals surface area contributed by atoms with E-state index in [0.29, 0.717) is 18.0 Å². The molecule has 1 atom stereocenters. The fourth-order valence-electron chi connectivity index (χ4n) is 2.39. The molecule has 25 heavy (non-hydrogen) atoms. The Morgan fingerprint density at radius 1 is 1.40 bits per heavy atom. The second-order valence-corrected chi connectivity index (χ2v) is 5.67. The van der Waals surface area contributed by atoms with Crippen molar-refractivity contribution in [3.05, 3.63) is 53.7 Å². The van der Waals surface area contributed by atoms with Crippen LogP contribution < -0.4 is 15.0 Å². The summed E-state index contributed by atoms with van der Waals surface area (Å²) in [4.78, 5) is 18.2. The fraction of sp³-hybridized carbons (Fsp3) is 0.316. The van der Waals surface area contributed by atoms with Gasteiger partial charge in [-0.1, -0.05) is 12.1 Å². The number of anilines is 1. The third kappa shape index (κ3) is 5.21. The maximum Gasteiger partial charge on any atom is 0.240 e. The van der Waals surface area contributed by atoms with Crippen LogP contribution in [0.4, 0.5) is 5.82 Å². The fourth-order valence-corrected chi connectivity index (χ4v) is 2.39. The van der Waals surface area contributed by atoms with Crippen molar-refractivity contribution in [1.29, 1.82) is 5.26 Å². The smallest absolute Gasteiger partial charge is 0.240 e. The molecule has 1 aromatic heterocycles. The summed E-state index contributed by atoms with van der Waals surface area (Å²) < 4.78 is 5.49. The number of nitrogens with zero attached hydrogens (tertiary/aromatic N) is 3. The molecule has 0 radical (unpaired) electrons. The Hall–Kier alpha value is -3.07. The van der Waals surface area contributed by atoms with Crippen LogP contribution in [0.25, 0.3) is 0 Å². The third-order valence-electron chi connectivity index (χ3n) is 3.70. The van der Waals surface area contributed by atoms with Gasteiger partial charge < -0.3 is 15.0 Å². The summed E-state index contributed by atoms with van der Waals surface area (Å²) in [7, 11) is 1.79. The van der Waals surface area contributed by atoms with Gasteiger partial charge in [-0.15, -0.1) is 0 Å². The SMILES string of the molecule is CCOc1cccc([C@H](C)NC(=O)CN(C)c2ccc(C#N)cn2)c1. The number of pyridine rings is 1. The van der Waals surface area contributed by atoms with E-state index in [2.05, 4.69) is 10.3 Å². The van der Waals surface area contributed by atoms with Gasteiger partial charge in [0.15, 0.2) is 0 Å². The molecule has 0 aliphatic rings. The zero-order chi connectivity index (χ0) is 18.2. The van der Waals surface area contributed by atoms with Crippen molar-refractivity contribution in [2.45, 2.75) is 19.9 Å². The van der Waals surface area contributed by atoms with Gasteiger partial charge in [-0.25, -0.2) is 4.98 Å².